The van der Waals surface area contributed by atoms with Gasteiger partial charge in [-0.15, -0.1) is 0 Å². The van der Waals surface area contributed by atoms with Crippen LogP contribution in [-0.4, -0.2) is 30.7 Å². The van der Waals surface area contributed by atoms with E-state index >= 15 is 0 Å². The molecule has 1 atom stereocenters. The van der Waals surface area contributed by atoms with Crippen LogP contribution in [0.5, 0.6) is 0 Å². The fraction of sp³-hybridized carbons (Fsp3) is 0.727. The van der Waals surface area contributed by atoms with Crippen molar-refractivity contribution < 1.29 is 13.2 Å². The van der Waals surface area contributed by atoms with Gasteiger partial charge < -0.3 is 9.30 Å². The number of ether oxygens (including phenoxy) is 1. The third kappa shape index (κ3) is 3.09. The number of rotatable bonds is 4. The summed E-state index contributed by atoms with van der Waals surface area (Å²) in [5, 5.41) is 5.03. The molecule has 0 amide bonds. The second-order valence-corrected chi connectivity index (χ2v) is 6.04. The molecule has 1 aliphatic heterocycles. The van der Waals surface area contributed by atoms with Crippen LogP contribution in [0.3, 0.4) is 0 Å². The maximum Gasteiger partial charge on any atom is 0.257 e. The zero-order chi connectivity index (χ0) is 13.2. The Morgan fingerprint density at radius 1 is 1.56 bits per heavy atom. The molecule has 0 spiro atoms. The molecule has 6 nitrogen and oxygen atoms in total. The van der Waals surface area contributed by atoms with Gasteiger partial charge in [-0.05, 0) is 19.3 Å². The molecule has 1 saturated heterocycles. The Bertz CT molecular complexity index is 504. The van der Waals surface area contributed by atoms with Crippen LogP contribution in [0.1, 0.15) is 32.0 Å². The van der Waals surface area contributed by atoms with E-state index in [1.807, 2.05) is 11.5 Å². The lowest BCUT2D eigenvalue weighted by molar-refractivity contribution is 0.00553. The van der Waals surface area contributed by atoms with E-state index in [0.717, 1.165) is 31.7 Å². The smallest absolute Gasteiger partial charge is 0.257 e. The third-order valence-corrected chi connectivity index (χ3v) is 3.90. The molecule has 102 valence electrons. The minimum atomic E-state index is -3.73. The highest BCUT2D eigenvalue weighted by Crippen LogP contribution is 2.17. The molecule has 7 heteroatoms. The molecule has 1 unspecified atom stereocenters. The van der Waals surface area contributed by atoms with Crippen molar-refractivity contribution in [2.24, 2.45) is 5.14 Å². The lowest BCUT2D eigenvalue weighted by atomic mass is 10.1. The molecule has 18 heavy (non-hydrogen) atoms. The van der Waals surface area contributed by atoms with Crippen LogP contribution in [0.2, 0.25) is 0 Å². The molecule has 1 aliphatic rings. The van der Waals surface area contributed by atoms with Crippen molar-refractivity contribution in [2.75, 3.05) is 6.61 Å². The number of sulfonamides is 1. The van der Waals surface area contributed by atoms with Crippen molar-refractivity contribution in [2.45, 2.75) is 50.3 Å². The maximum absolute atomic E-state index is 11.3. The van der Waals surface area contributed by atoms with Gasteiger partial charge in [-0.3, -0.25) is 0 Å². The van der Waals surface area contributed by atoms with Gasteiger partial charge in [0.05, 0.1) is 12.6 Å². The topological polar surface area (TPSA) is 87.2 Å². The minimum Gasteiger partial charge on any atom is -0.376 e. The van der Waals surface area contributed by atoms with Crippen molar-refractivity contribution in [3.05, 3.63) is 12.0 Å². The molecular formula is C11H19N3O3S. The molecular weight excluding hydrogens is 254 g/mol. The SMILES string of the molecule is CCc1nc(S(N)(=O)=O)cn1CC1CCCCO1. The fourth-order valence-electron chi connectivity index (χ4n) is 2.18. The van der Waals surface area contributed by atoms with Gasteiger partial charge in [-0.1, -0.05) is 6.92 Å². The summed E-state index contributed by atoms with van der Waals surface area (Å²) in [6.45, 7) is 3.36. The van der Waals surface area contributed by atoms with E-state index in [1.165, 1.54) is 6.20 Å². The van der Waals surface area contributed by atoms with E-state index in [-0.39, 0.29) is 11.1 Å². The van der Waals surface area contributed by atoms with Gasteiger partial charge in [0, 0.05) is 19.2 Å². The quantitative estimate of drug-likeness (QED) is 0.873. The molecule has 2 rings (SSSR count). The van der Waals surface area contributed by atoms with Crippen molar-refractivity contribution in [3.63, 3.8) is 0 Å². The van der Waals surface area contributed by atoms with Gasteiger partial charge in [-0.25, -0.2) is 18.5 Å². The Kier molecular flexibility index (Phi) is 4.04. The largest absolute Gasteiger partial charge is 0.376 e. The third-order valence-electron chi connectivity index (χ3n) is 3.12. The molecule has 2 heterocycles. The first-order valence-electron chi connectivity index (χ1n) is 6.21. The van der Waals surface area contributed by atoms with Crippen LogP contribution < -0.4 is 5.14 Å². The van der Waals surface area contributed by atoms with Crippen LogP contribution in [0, 0.1) is 0 Å². The van der Waals surface area contributed by atoms with Crippen LogP contribution in [0.25, 0.3) is 0 Å². The average Bonchev–Trinajstić information content (AvgIpc) is 2.73. The summed E-state index contributed by atoms with van der Waals surface area (Å²) in [5.74, 6) is 0.730. The highest BCUT2D eigenvalue weighted by atomic mass is 32.2. The zero-order valence-corrected chi connectivity index (χ0v) is 11.3. The van der Waals surface area contributed by atoms with Crippen molar-refractivity contribution in [1.82, 2.24) is 9.55 Å². The minimum absolute atomic E-state index is 0.0600. The maximum atomic E-state index is 11.3. The molecule has 0 aliphatic carbocycles. The molecule has 0 bridgehead atoms. The average molecular weight is 273 g/mol. The molecule has 0 saturated carbocycles. The zero-order valence-electron chi connectivity index (χ0n) is 10.5. The number of hydrogen-bond donors (Lipinski definition) is 1. The van der Waals surface area contributed by atoms with Gasteiger partial charge in [0.25, 0.3) is 10.0 Å². The predicted octanol–water partition coefficient (Wildman–Crippen LogP) is 0.662. The van der Waals surface area contributed by atoms with Crippen molar-refractivity contribution >= 4 is 10.0 Å². The van der Waals surface area contributed by atoms with Crippen molar-refractivity contribution in [1.29, 1.82) is 0 Å². The molecule has 1 aromatic rings. The van der Waals surface area contributed by atoms with E-state index in [9.17, 15) is 8.42 Å². The summed E-state index contributed by atoms with van der Waals surface area (Å²) in [6.07, 6.45) is 5.58. The van der Waals surface area contributed by atoms with E-state index in [4.69, 9.17) is 9.88 Å². The summed E-state index contributed by atoms with van der Waals surface area (Å²) in [6, 6.07) is 0. The summed E-state index contributed by atoms with van der Waals surface area (Å²) in [4.78, 5) is 4.06. The van der Waals surface area contributed by atoms with E-state index in [2.05, 4.69) is 4.98 Å². The van der Waals surface area contributed by atoms with Gasteiger partial charge in [0.15, 0.2) is 5.03 Å². The lowest BCUT2D eigenvalue weighted by Crippen LogP contribution is -2.25. The van der Waals surface area contributed by atoms with Gasteiger partial charge >= 0.3 is 0 Å². The molecule has 0 radical (unpaired) electrons. The number of primary sulfonamides is 1. The van der Waals surface area contributed by atoms with E-state index < -0.39 is 10.0 Å². The standard InChI is InChI=1S/C11H19N3O3S/c1-2-10-13-11(18(12,15)16)8-14(10)7-9-5-3-4-6-17-9/h8-9H,2-7H2,1H3,(H2,12,15,16). The second-order valence-electron chi connectivity index (χ2n) is 4.53. The molecule has 0 aromatic carbocycles. The van der Waals surface area contributed by atoms with Gasteiger partial charge in [0.2, 0.25) is 0 Å². The van der Waals surface area contributed by atoms with Crippen LogP contribution >= 0.6 is 0 Å². The van der Waals surface area contributed by atoms with Crippen LogP contribution in [0.4, 0.5) is 0 Å². The second kappa shape index (κ2) is 5.38. The first kappa shape index (κ1) is 13.5. The number of hydrogen-bond acceptors (Lipinski definition) is 4. The summed E-state index contributed by atoms with van der Waals surface area (Å²) in [5.41, 5.74) is 0. The first-order valence-corrected chi connectivity index (χ1v) is 7.75. The fourth-order valence-corrected chi connectivity index (χ4v) is 2.68. The Labute approximate surface area is 107 Å². The van der Waals surface area contributed by atoms with Crippen molar-refractivity contribution in [3.8, 4) is 0 Å². The Balaban J connectivity index is 2.18. The van der Waals surface area contributed by atoms with Crippen LogP contribution in [0.15, 0.2) is 11.2 Å². The number of nitrogens with two attached hydrogens (primary N) is 1. The summed E-state index contributed by atoms with van der Waals surface area (Å²) >= 11 is 0. The van der Waals surface area contributed by atoms with E-state index in [0.29, 0.717) is 13.0 Å². The van der Waals surface area contributed by atoms with E-state index in [1.54, 1.807) is 0 Å². The summed E-state index contributed by atoms with van der Waals surface area (Å²) < 4.78 is 30.0. The Morgan fingerprint density at radius 3 is 2.89 bits per heavy atom. The van der Waals surface area contributed by atoms with Gasteiger partial charge in [0.1, 0.15) is 5.82 Å². The van der Waals surface area contributed by atoms with Crippen LogP contribution in [-0.2, 0) is 27.7 Å². The Morgan fingerprint density at radius 2 is 2.33 bits per heavy atom. The Hall–Kier alpha value is -0.920. The molecule has 1 fully saturated rings. The molecule has 1 aromatic heterocycles. The highest BCUT2D eigenvalue weighted by Gasteiger charge is 2.19. The number of imidazole rings is 1. The first-order chi connectivity index (χ1) is 8.50. The highest BCUT2D eigenvalue weighted by molar-refractivity contribution is 7.89. The lowest BCUT2D eigenvalue weighted by Gasteiger charge is -2.23. The summed E-state index contributed by atoms with van der Waals surface area (Å²) in [7, 11) is -3.73. The number of aromatic nitrogens is 2. The van der Waals surface area contributed by atoms with Gasteiger partial charge in [-0.2, -0.15) is 0 Å². The normalized spacial score (nSPS) is 21.1. The number of nitrogens with zero attached hydrogens (tertiary/aromatic N) is 2. The predicted molar refractivity (Wildman–Crippen MR) is 66.6 cm³/mol. The monoisotopic (exact) mass is 273 g/mol. The number of aryl methyl sites for hydroxylation is 1. The molecule has 2 N–H and O–H groups in total.